The second kappa shape index (κ2) is 6.38. The van der Waals surface area contributed by atoms with E-state index < -0.39 is 11.7 Å². The van der Waals surface area contributed by atoms with Crippen molar-refractivity contribution in [3.05, 3.63) is 70.7 Å². The van der Waals surface area contributed by atoms with E-state index >= 15 is 0 Å². The molecule has 2 atom stereocenters. The van der Waals surface area contributed by atoms with Gasteiger partial charge >= 0.3 is 0 Å². The summed E-state index contributed by atoms with van der Waals surface area (Å²) in [7, 11) is 0. The number of carbonyl (C=O) groups is 2. The summed E-state index contributed by atoms with van der Waals surface area (Å²) in [6.45, 7) is 3.60. The largest absolute Gasteiger partial charge is 0.340 e. The minimum Gasteiger partial charge on any atom is -0.340 e. The number of rotatable bonds is 2. The Labute approximate surface area is 162 Å². The lowest BCUT2D eigenvalue weighted by Crippen LogP contribution is -2.36. The van der Waals surface area contributed by atoms with E-state index in [1.54, 1.807) is 30.3 Å². The van der Waals surface area contributed by atoms with E-state index in [-0.39, 0.29) is 17.6 Å². The molecule has 142 valence electrons. The smallest absolute Gasteiger partial charge is 0.178 e. The van der Waals surface area contributed by atoms with Gasteiger partial charge in [0.1, 0.15) is 11.7 Å². The van der Waals surface area contributed by atoms with Gasteiger partial charge in [0, 0.05) is 41.2 Å². The zero-order valence-electron chi connectivity index (χ0n) is 15.7. The van der Waals surface area contributed by atoms with Gasteiger partial charge in [0.25, 0.3) is 0 Å². The van der Waals surface area contributed by atoms with Crippen LogP contribution in [0, 0.1) is 11.7 Å². The number of aromatic nitrogens is 1. The molecule has 2 aromatic carbocycles. The zero-order valence-corrected chi connectivity index (χ0v) is 15.7. The van der Waals surface area contributed by atoms with Gasteiger partial charge < -0.3 is 9.88 Å². The van der Waals surface area contributed by atoms with Crippen LogP contribution in [-0.4, -0.2) is 29.2 Å². The molecular weight excluding hydrogens is 355 g/mol. The summed E-state index contributed by atoms with van der Waals surface area (Å²) in [5.41, 5.74) is 3.88. The molecule has 0 saturated carbocycles. The van der Waals surface area contributed by atoms with Gasteiger partial charge in [0.05, 0.1) is 5.52 Å². The van der Waals surface area contributed by atoms with E-state index in [0.29, 0.717) is 11.1 Å². The highest BCUT2D eigenvalue weighted by Crippen LogP contribution is 2.42. The fourth-order valence-electron chi connectivity index (χ4n) is 4.91. The van der Waals surface area contributed by atoms with Crippen LogP contribution in [-0.2, 0) is 12.8 Å². The first-order valence-corrected chi connectivity index (χ1v) is 9.77. The Morgan fingerprint density at radius 2 is 1.89 bits per heavy atom. The van der Waals surface area contributed by atoms with Gasteiger partial charge in [-0.05, 0) is 37.6 Å². The van der Waals surface area contributed by atoms with Crippen molar-refractivity contribution in [1.82, 2.24) is 9.88 Å². The summed E-state index contributed by atoms with van der Waals surface area (Å²) in [4.78, 5) is 26.6. The monoisotopic (exact) mass is 376 g/mol. The normalized spacial score (nSPS) is 21.4. The maximum Gasteiger partial charge on any atom is 0.178 e. The number of nitrogens with zero attached hydrogens (tertiary/aromatic N) is 1. The van der Waals surface area contributed by atoms with Crippen LogP contribution in [0.2, 0.25) is 0 Å². The molecule has 0 aliphatic carbocycles. The topological polar surface area (TPSA) is 51.1 Å². The maximum absolute atomic E-state index is 14.4. The van der Waals surface area contributed by atoms with Crippen LogP contribution >= 0.6 is 0 Å². The molecule has 0 radical (unpaired) electrons. The summed E-state index contributed by atoms with van der Waals surface area (Å²) in [5.74, 6) is -1.74. The van der Waals surface area contributed by atoms with Crippen molar-refractivity contribution in [2.75, 3.05) is 13.1 Å². The van der Waals surface area contributed by atoms with Crippen LogP contribution in [0.1, 0.15) is 44.9 Å². The highest BCUT2D eigenvalue weighted by Gasteiger charge is 2.42. The highest BCUT2D eigenvalue weighted by molar-refractivity contribution is 6.21. The van der Waals surface area contributed by atoms with Crippen LogP contribution in [0.25, 0.3) is 10.9 Å². The summed E-state index contributed by atoms with van der Waals surface area (Å²) in [6.07, 6.45) is 1.59. The van der Waals surface area contributed by atoms with E-state index in [0.717, 1.165) is 48.1 Å². The Morgan fingerprint density at radius 3 is 2.68 bits per heavy atom. The average Bonchev–Trinajstić information content (AvgIpc) is 2.84. The molecule has 0 fully saturated rings. The molecule has 2 aliphatic rings. The Balaban J connectivity index is 1.75. The van der Waals surface area contributed by atoms with Crippen molar-refractivity contribution in [2.24, 2.45) is 5.92 Å². The van der Waals surface area contributed by atoms with Crippen molar-refractivity contribution in [2.45, 2.75) is 25.8 Å². The van der Waals surface area contributed by atoms with Crippen molar-refractivity contribution >= 4 is 22.5 Å². The van der Waals surface area contributed by atoms with Crippen LogP contribution in [0.5, 0.6) is 0 Å². The van der Waals surface area contributed by atoms with E-state index in [4.69, 9.17) is 0 Å². The molecule has 1 N–H and O–H groups in total. The summed E-state index contributed by atoms with van der Waals surface area (Å²) >= 11 is 0. The number of fused-ring (bicyclic) bond motifs is 3. The van der Waals surface area contributed by atoms with Gasteiger partial charge in [-0.3, -0.25) is 9.59 Å². The van der Waals surface area contributed by atoms with Gasteiger partial charge in [-0.2, -0.15) is 0 Å². The number of nitrogens with one attached hydrogen (secondary N) is 1. The van der Waals surface area contributed by atoms with Gasteiger partial charge in [-0.1, -0.05) is 30.3 Å². The Bertz CT molecular complexity index is 1120. The second-order valence-corrected chi connectivity index (χ2v) is 7.71. The predicted octanol–water partition coefficient (Wildman–Crippen LogP) is 3.73. The SMILES string of the molecule is CC1C(C(=O)c2ccccc2)C(=O)c2cc(F)cc3c4c(n1c23)CCNCC4. The lowest BCUT2D eigenvalue weighted by atomic mass is 9.82. The first-order chi connectivity index (χ1) is 13.6. The average molecular weight is 376 g/mol. The summed E-state index contributed by atoms with van der Waals surface area (Å²) < 4.78 is 16.6. The third kappa shape index (κ3) is 2.39. The number of hydrogen-bond donors (Lipinski definition) is 1. The molecule has 0 spiro atoms. The second-order valence-electron chi connectivity index (χ2n) is 7.71. The highest BCUT2D eigenvalue weighted by atomic mass is 19.1. The molecule has 0 saturated heterocycles. The van der Waals surface area contributed by atoms with Crippen LogP contribution in [0.15, 0.2) is 42.5 Å². The van der Waals surface area contributed by atoms with Gasteiger partial charge in [0.15, 0.2) is 11.6 Å². The Hall–Kier alpha value is -2.79. The fourth-order valence-corrected chi connectivity index (χ4v) is 4.91. The maximum atomic E-state index is 14.4. The minimum absolute atomic E-state index is 0.199. The number of halogens is 1. The zero-order chi connectivity index (χ0) is 19.4. The molecule has 5 heteroatoms. The molecule has 28 heavy (non-hydrogen) atoms. The van der Waals surface area contributed by atoms with Crippen molar-refractivity contribution in [1.29, 1.82) is 0 Å². The van der Waals surface area contributed by atoms with Crippen molar-refractivity contribution in [3.8, 4) is 0 Å². The van der Waals surface area contributed by atoms with Gasteiger partial charge in [-0.25, -0.2) is 4.39 Å². The van der Waals surface area contributed by atoms with E-state index in [1.807, 2.05) is 13.0 Å². The molecule has 2 unspecified atom stereocenters. The van der Waals surface area contributed by atoms with Crippen LogP contribution in [0.4, 0.5) is 4.39 Å². The molecule has 2 aliphatic heterocycles. The molecule has 1 aromatic heterocycles. The lowest BCUT2D eigenvalue weighted by molar-refractivity contribution is 0.0755. The Kier molecular flexibility index (Phi) is 3.95. The van der Waals surface area contributed by atoms with Crippen LogP contribution < -0.4 is 5.32 Å². The molecule has 0 amide bonds. The lowest BCUT2D eigenvalue weighted by Gasteiger charge is -2.31. The Morgan fingerprint density at radius 1 is 1.14 bits per heavy atom. The predicted molar refractivity (Wildman–Crippen MR) is 105 cm³/mol. The van der Waals surface area contributed by atoms with E-state index in [9.17, 15) is 14.0 Å². The number of carbonyl (C=O) groups excluding carboxylic acids is 2. The standard InChI is InChI=1S/C23H21FN2O2/c1-13-20(22(27)14-5-3-2-4-6-14)23(28)18-12-15(24)11-17-16-7-9-25-10-8-19(16)26(13)21(17)18/h2-6,11-13,20,25H,7-10H2,1H3. The molecule has 3 aromatic rings. The van der Waals surface area contributed by atoms with Crippen molar-refractivity contribution in [3.63, 3.8) is 0 Å². The number of ketones is 2. The summed E-state index contributed by atoms with van der Waals surface area (Å²) in [5, 5.41) is 4.21. The molecule has 5 rings (SSSR count). The molecule has 3 heterocycles. The van der Waals surface area contributed by atoms with Crippen molar-refractivity contribution < 1.29 is 14.0 Å². The molecular formula is C23H21FN2O2. The molecule has 4 nitrogen and oxygen atoms in total. The van der Waals surface area contributed by atoms with Crippen LogP contribution in [0.3, 0.4) is 0 Å². The third-order valence-corrected chi connectivity index (χ3v) is 6.15. The minimum atomic E-state index is -0.840. The van der Waals surface area contributed by atoms with Gasteiger partial charge in [0.2, 0.25) is 0 Å². The summed E-state index contributed by atoms with van der Waals surface area (Å²) in [6, 6.07) is 11.4. The number of hydrogen-bond acceptors (Lipinski definition) is 3. The van der Waals surface area contributed by atoms with Gasteiger partial charge in [-0.15, -0.1) is 0 Å². The molecule has 0 bridgehead atoms. The quantitative estimate of drug-likeness (QED) is 0.548. The van der Waals surface area contributed by atoms with E-state index in [2.05, 4.69) is 9.88 Å². The third-order valence-electron chi connectivity index (χ3n) is 6.15. The first kappa shape index (κ1) is 17.3. The fraction of sp³-hybridized carbons (Fsp3) is 0.304. The number of benzene rings is 2. The number of Topliss-reactive ketones (excluding diaryl/α,β-unsaturated/α-hetero) is 2. The first-order valence-electron chi connectivity index (χ1n) is 9.77. The van der Waals surface area contributed by atoms with E-state index in [1.165, 1.54) is 6.07 Å².